The lowest BCUT2D eigenvalue weighted by molar-refractivity contribution is -0.121. The van der Waals surface area contributed by atoms with Crippen LogP contribution >= 0.6 is 11.6 Å². The zero-order valence-electron chi connectivity index (χ0n) is 17.2. The SMILES string of the molecule is CCc1ccc(NC(=O)C(C)N2CCN(CCOc3ccc(Cl)cc3)CC2)cc1. The average molecular weight is 416 g/mol. The van der Waals surface area contributed by atoms with Crippen LogP contribution in [0.5, 0.6) is 5.75 Å². The number of nitrogens with zero attached hydrogens (tertiary/aromatic N) is 2. The van der Waals surface area contributed by atoms with E-state index in [1.807, 2.05) is 43.3 Å². The minimum absolute atomic E-state index is 0.0498. The number of carbonyl (C=O) groups excluding carboxylic acids is 1. The average Bonchev–Trinajstić information content (AvgIpc) is 2.75. The summed E-state index contributed by atoms with van der Waals surface area (Å²) in [6, 6.07) is 15.4. The molecule has 1 amide bonds. The molecule has 29 heavy (non-hydrogen) atoms. The number of rotatable bonds is 8. The molecular weight excluding hydrogens is 386 g/mol. The van der Waals surface area contributed by atoms with Crippen LogP contribution in [-0.4, -0.2) is 61.1 Å². The number of hydrogen-bond acceptors (Lipinski definition) is 4. The van der Waals surface area contributed by atoms with Crippen molar-refractivity contribution >= 4 is 23.2 Å². The summed E-state index contributed by atoms with van der Waals surface area (Å²) < 4.78 is 5.78. The Hall–Kier alpha value is -2.08. The predicted molar refractivity (Wildman–Crippen MR) is 119 cm³/mol. The van der Waals surface area contributed by atoms with Gasteiger partial charge in [-0.15, -0.1) is 0 Å². The van der Waals surface area contributed by atoms with E-state index < -0.39 is 0 Å². The second-order valence-electron chi connectivity index (χ2n) is 7.40. The Balaban J connectivity index is 1.38. The topological polar surface area (TPSA) is 44.8 Å². The molecule has 1 saturated heterocycles. The highest BCUT2D eigenvalue weighted by Crippen LogP contribution is 2.16. The largest absolute Gasteiger partial charge is 0.492 e. The summed E-state index contributed by atoms with van der Waals surface area (Å²) >= 11 is 5.89. The van der Waals surface area contributed by atoms with Gasteiger partial charge in [0.25, 0.3) is 0 Å². The van der Waals surface area contributed by atoms with E-state index in [1.165, 1.54) is 5.56 Å². The second-order valence-corrected chi connectivity index (χ2v) is 7.83. The molecule has 3 rings (SSSR count). The van der Waals surface area contributed by atoms with Crippen LogP contribution in [0.15, 0.2) is 48.5 Å². The van der Waals surface area contributed by atoms with Crippen LogP contribution in [0, 0.1) is 0 Å². The molecule has 5 nitrogen and oxygen atoms in total. The molecule has 1 aliphatic rings. The first kappa shape index (κ1) is 21.6. The molecule has 1 heterocycles. The summed E-state index contributed by atoms with van der Waals surface area (Å²) in [6.45, 7) is 9.26. The fourth-order valence-electron chi connectivity index (χ4n) is 3.43. The smallest absolute Gasteiger partial charge is 0.241 e. The summed E-state index contributed by atoms with van der Waals surface area (Å²) in [6.07, 6.45) is 1.000. The molecular formula is C23H30ClN3O2. The Morgan fingerprint density at radius 2 is 1.72 bits per heavy atom. The van der Waals surface area contributed by atoms with Gasteiger partial charge in [0.05, 0.1) is 6.04 Å². The number of ether oxygens (including phenoxy) is 1. The summed E-state index contributed by atoms with van der Waals surface area (Å²) in [5, 5.41) is 3.75. The Kier molecular flexibility index (Phi) is 7.92. The number of benzene rings is 2. The van der Waals surface area contributed by atoms with Crippen LogP contribution in [0.25, 0.3) is 0 Å². The van der Waals surface area contributed by atoms with Gasteiger partial charge >= 0.3 is 0 Å². The highest BCUT2D eigenvalue weighted by atomic mass is 35.5. The molecule has 0 aliphatic carbocycles. The summed E-state index contributed by atoms with van der Waals surface area (Å²) in [7, 11) is 0. The van der Waals surface area contributed by atoms with Gasteiger partial charge in [0.2, 0.25) is 5.91 Å². The third-order valence-corrected chi connectivity index (χ3v) is 5.71. The van der Waals surface area contributed by atoms with Crippen LogP contribution in [0.4, 0.5) is 5.69 Å². The van der Waals surface area contributed by atoms with Gasteiger partial charge in [0.1, 0.15) is 12.4 Å². The molecule has 0 bridgehead atoms. The maximum Gasteiger partial charge on any atom is 0.241 e. The normalized spacial score (nSPS) is 16.4. The number of aryl methyl sites for hydroxylation is 1. The van der Waals surface area contributed by atoms with Gasteiger partial charge in [-0.2, -0.15) is 0 Å². The third-order valence-electron chi connectivity index (χ3n) is 5.45. The quantitative estimate of drug-likeness (QED) is 0.709. The molecule has 0 radical (unpaired) electrons. The van der Waals surface area contributed by atoms with Crippen molar-refractivity contribution in [3.05, 3.63) is 59.1 Å². The van der Waals surface area contributed by atoms with E-state index in [-0.39, 0.29) is 11.9 Å². The molecule has 1 N–H and O–H groups in total. The van der Waals surface area contributed by atoms with Crippen LogP contribution in [0.3, 0.4) is 0 Å². The first-order valence-electron chi connectivity index (χ1n) is 10.3. The van der Waals surface area contributed by atoms with E-state index in [9.17, 15) is 4.79 Å². The summed E-state index contributed by atoms with van der Waals surface area (Å²) in [5.41, 5.74) is 2.13. The van der Waals surface area contributed by atoms with Crippen LogP contribution in [0.2, 0.25) is 5.02 Å². The van der Waals surface area contributed by atoms with Crippen molar-refractivity contribution < 1.29 is 9.53 Å². The molecule has 2 aromatic rings. The van der Waals surface area contributed by atoms with Gasteiger partial charge < -0.3 is 10.1 Å². The number of piperazine rings is 1. The van der Waals surface area contributed by atoms with Crippen molar-refractivity contribution in [2.75, 3.05) is 44.6 Å². The Morgan fingerprint density at radius 1 is 1.07 bits per heavy atom. The molecule has 1 unspecified atom stereocenters. The minimum Gasteiger partial charge on any atom is -0.492 e. The van der Waals surface area contributed by atoms with Gasteiger partial charge in [0.15, 0.2) is 0 Å². The Morgan fingerprint density at radius 3 is 2.34 bits per heavy atom. The van der Waals surface area contributed by atoms with Gasteiger partial charge in [-0.25, -0.2) is 0 Å². The van der Waals surface area contributed by atoms with Crippen LogP contribution in [-0.2, 0) is 11.2 Å². The number of halogens is 1. The number of carbonyl (C=O) groups is 1. The van der Waals surface area contributed by atoms with Crippen molar-refractivity contribution in [1.82, 2.24) is 9.80 Å². The standard InChI is InChI=1S/C23H30ClN3O2/c1-3-19-4-8-21(9-5-19)25-23(28)18(2)27-14-12-26(13-15-27)16-17-29-22-10-6-20(24)7-11-22/h4-11,18H,3,12-17H2,1-2H3,(H,25,28). The third kappa shape index (κ3) is 6.46. The Bertz CT molecular complexity index is 772. The number of amides is 1. The van der Waals surface area contributed by atoms with Gasteiger partial charge in [-0.1, -0.05) is 30.7 Å². The first-order chi connectivity index (χ1) is 14.0. The lowest BCUT2D eigenvalue weighted by atomic mass is 10.1. The highest BCUT2D eigenvalue weighted by molar-refractivity contribution is 6.30. The number of hydrogen-bond donors (Lipinski definition) is 1. The molecule has 2 aromatic carbocycles. The molecule has 0 spiro atoms. The fraction of sp³-hybridized carbons (Fsp3) is 0.435. The van der Waals surface area contributed by atoms with E-state index in [1.54, 1.807) is 0 Å². The van der Waals surface area contributed by atoms with E-state index >= 15 is 0 Å². The molecule has 0 aromatic heterocycles. The van der Waals surface area contributed by atoms with E-state index in [0.29, 0.717) is 11.6 Å². The van der Waals surface area contributed by atoms with Gasteiger partial charge in [-0.3, -0.25) is 14.6 Å². The summed E-state index contributed by atoms with van der Waals surface area (Å²) in [5.74, 6) is 0.888. The van der Waals surface area contributed by atoms with E-state index in [4.69, 9.17) is 16.3 Å². The second kappa shape index (κ2) is 10.6. The maximum atomic E-state index is 12.6. The van der Waals surface area contributed by atoms with Crippen molar-refractivity contribution in [1.29, 1.82) is 0 Å². The fourth-order valence-corrected chi connectivity index (χ4v) is 3.56. The highest BCUT2D eigenvalue weighted by Gasteiger charge is 2.25. The lowest BCUT2D eigenvalue weighted by Crippen LogP contribution is -2.53. The molecule has 0 saturated carbocycles. The van der Waals surface area contributed by atoms with Gasteiger partial charge in [0, 0.05) is 43.4 Å². The molecule has 1 fully saturated rings. The van der Waals surface area contributed by atoms with Gasteiger partial charge in [-0.05, 0) is 55.3 Å². The zero-order chi connectivity index (χ0) is 20.6. The van der Waals surface area contributed by atoms with Crippen molar-refractivity contribution in [2.24, 2.45) is 0 Å². The zero-order valence-corrected chi connectivity index (χ0v) is 18.0. The van der Waals surface area contributed by atoms with Crippen LogP contribution < -0.4 is 10.1 Å². The number of nitrogens with one attached hydrogen (secondary N) is 1. The number of anilines is 1. The maximum absolute atomic E-state index is 12.6. The minimum atomic E-state index is -0.145. The van der Waals surface area contributed by atoms with E-state index in [2.05, 4.69) is 34.2 Å². The molecule has 1 aliphatic heterocycles. The van der Waals surface area contributed by atoms with Crippen molar-refractivity contribution in [3.63, 3.8) is 0 Å². The monoisotopic (exact) mass is 415 g/mol. The lowest BCUT2D eigenvalue weighted by Gasteiger charge is -2.37. The van der Waals surface area contributed by atoms with Crippen LogP contribution in [0.1, 0.15) is 19.4 Å². The molecule has 6 heteroatoms. The van der Waals surface area contributed by atoms with E-state index in [0.717, 1.165) is 50.6 Å². The van der Waals surface area contributed by atoms with Crippen molar-refractivity contribution in [3.8, 4) is 5.75 Å². The molecule has 156 valence electrons. The Labute approximate surface area is 178 Å². The summed E-state index contributed by atoms with van der Waals surface area (Å²) in [4.78, 5) is 17.2. The van der Waals surface area contributed by atoms with Crippen molar-refractivity contribution in [2.45, 2.75) is 26.3 Å². The molecule has 1 atom stereocenters. The first-order valence-corrected chi connectivity index (χ1v) is 10.7. The predicted octanol–water partition coefficient (Wildman–Crippen LogP) is 3.93.